The van der Waals surface area contributed by atoms with E-state index in [1.165, 1.54) is 4.90 Å². The monoisotopic (exact) mass is 567 g/mol. The summed E-state index contributed by atoms with van der Waals surface area (Å²) >= 11 is 12.5. The zero-order valence-corrected chi connectivity index (χ0v) is 23.9. The molecule has 0 radical (unpaired) electrons. The normalized spacial score (nSPS) is 15.2. The lowest BCUT2D eigenvalue weighted by molar-refractivity contribution is -0.140. The molecule has 0 aromatic heterocycles. The Morgan fingerprint density at radius 2 is 1.70 bits per heavy atom. The first-order valence-electron chi connectivity index (χ1n) is 12.6. The minimum Gasteiger partial charge on any atom is -0.352 e. The molecular weight excluding hydrogens is 533 g/mol. The summed E-state index contributed by atoms with van der Waals surface area (Å²) in [5.41, 5.74) is 1.96. The third-order valence-electron chi connectivity index (χ3n) is 6.69. The molecule has 1 atom stereocenters. The van der Waals surface area contributed by atoms with E-state index in [0.29, 0.717) is 27.7 Å². The quantitative estimate of drug-likeness (QED) is 0.420. The largest absolute Gasteiger partial charge is 0.352 e. The van der Waals surface area contributed by atoms with E-state index >= 15 is 0 Å². The van der Waals surface area contributed by atoms with Gasteiger partial charge in [-0.25, -0.2) is 8.42 Å². The van der Waals surface area contributed by atoms with E-state index in [-0.39, 0.29) is 18.5 Å². The first-order chi connectivity index (χ1) is 17.5. The standard InChI is InChI=1S/C27H35Cl2N3O4S/c1-4-25(27(34)30-22-8-6-5-7-9-22)31(17-20-12-13-21(28)16-24(20)29)26(33)18-32(37(3,35)36)23-14-10-19(2)11-15-23/h10-16,22,25H,4-9,17-18H2,1-3H3,(H,30,34)/t25-/m1/s1. The van der Waals surface area contributed by atoms with Gasteiger partial charge in [-0.15, -0.1) is 0 Å². The first-order valence-corrected chi connectivity index (χ1v) is 15.2. The molecule has 0 bridgehead atoms. The molecule has 37 heavy (non-hydrogen) atoms. The van der Waals surface area contributed by atoms with Gasteiger partial charge in [0.1, 0.15) is 12.6 Å². The van der Waals surface area contributed by atoms with Gasteiger partial charge in [-0.05, 0) is 56.0 Å². The van der Waals surface area contributed by atoms with Gasteiger partial charge in [0.15, 0.2) is 0 Å². The van der Waals surface area contributed by atoms with Crippen molar-refractivity contribution in [3.8, 4) is 0 Å². The van der Waals surface area contributed by atoms with Crippen molar-refractivity contribution in [2.24, 2.45) is 0 Å². The Morgan fingerprint density at radius 1 is 1.05 bits per heavy atom. The molecule has 2 aromatic rings. The van der Waals surface area contributed by atoms with Gasteiger partial charge in [0.25, 0.3) is 0 Å². The predicted octanol–water partition coefficient (Wildman–Crippen LogP) is 5.32. The Morgan fingerprint density at radius 3 is 2.27 bits per heavy atom. The molecule has 0 spiro atoms. The Labute approximate surface area is 230 Å². The average molecular weight is 569 g/mol. The van der Waals surface area contributed by atoms with Gasteiger partial charge in [0.05, 0.1) is 11.9 Å². The smallest absolute Gasteiger partial charge is 0.244 e. The number of rotatable bonds is 10. The van der Waals surface area contributed by atoms with Crippen LogP contribution in [-0.2, 0) is 26.2 Å². The van der Waals surface area contributed by atoms with E-state index in [4.69, 9.17) is 23.2 Å². The van der Waals surface area contributed by atoms with Crippen molar-refractivity contribution in [1.29, 1.82) is 0 Å². The topological polar surface area (TPSA) is 86.8 Å². The summed E-state index contributed by atoms with van der Waals surface area (Å²) in [6, 6.07) is 11.2. The van der Waals surface area contributed by atoms with Crippen LogP contribution in [0.5, 0.6) is 0 Å². The van der Waals surface area contributed by atoms with Gasteiger partial charge >= 0.3 is 0 Å². The molecule has 10 heteroatoms. The second kappa shape index (κ2) is 13.0. The number of nitrogens with one attached hydrogen (secondary N) is 1. The second-order valence-corrected chi connectivity index (χ2v) is 12.4. The molecule has 2 amide bonds. The number of hydrogen-bond donors (Lipinski definition) is 1. The molecule has 0 heterocycles. The van der Waals surface area contributed by atoms with Crippen LogP contribution in [0, 0.1) is 6.92 Å². The Balaban J connectivity index is 1.93. The highest BCUT2D eigenvalue weighted by molar-refractivity contribution is 7.92. The fourth-order valence-electron chi connectivity index (χ4n) is 4.62. The van der Waals surface area contributed by atoms with Crippen LogP contribution in [0.15, 0.2) is 42.5 Å². The van der Waals surface area contributed by atoms with Crippen molar-refractivity contribution >= 4 is 50.7 Å². The van der Waals surface area contributed by atoms with E-state index in [1.807, 2.05) is 13.8 Å². The number of benzene rings is 2. The van der Waals surface area contributed by atoms with Gasteiger partial charge in [0.2, 0.25) is 21.8 Å². The lowest BCUT2D eigenvalue weighted by Gasteiger charge is -2.34. The maximum Gasteiger partial charge on any atom is 0.244 e. The van der Waals surface area contributed by atoms with Gasteiger partial charge in [0, 0.05) is 22.6 Å². The molecule has 0 saturated heterocycles. The Bertz CT molecular complexity index is 1200. The zero-order chi connectivity index (χ0) is 27.2. The molecule has 1 N–H and O–H groups in total. The third-order valence-corrected chi connectivity index (χ3v) is 8.42. The number of anilines is 1. The molecule has 3 rings (SSSR count). The van der Waals surface area contributed by atoms with Gasteiger partial charge in [-0.2, -0.15) is 0 Å². The van der Waals surface area contributed by atoms with Crippen LogP contribution in [0.3, 0.4) is 0 Å². The van der Waals surface area contributed by atoms with Crippen LogP contribution in [-0.4, -0.2) is 50.0 Å². The zero-order valence-electron chi connectivity index (χ0n) is 21.5. The highest BCUT2D eigenvalue weighted by Gasteiger charge is 2.33. The van der Waals surface area contributed by atoms with Crippen molar-refractivity contribution in [3.05, 3.63) is 63.6 Å². The van der Waals surface area contributed by atoms with Crippen molar-refractivity contribution in [1.82, 2.24) is 10.2 Å². The average Bonchev–Trinajstić information content (AvgIpc) is 2.84. The van der Waals surface area contributed by atoms with Crippen LogP contribution in [0.4, 0.5) is 5.69 Å². The molecule has 1 aliphatic rings. The summed E-state index contributed by atoms with van der Waals surface area (Å²) in [5.74, 6) is -0.739. The predicted molar refractivity (Wildman–Crippen MR) is 149 cm³/mol. The van der Waals surface area contributed by atoms with Crippen molar-refractivity contribution < 1.29 is 18.0 Å². The molecule has 1 aliphatic carbocycles. The molecule has 7 nitrogen and oxygen atoms in total. The van der Waals surface area contributed by atoms with Gasteiger partial charge in [-0.3, -0.25) is 13.9 Å². The highest BCUT2D eigenvalue weighted by atomic mass is 35.5. The van der Waals surface area contributed by atoms with E-state index in [9.17, 15) is 18.0 Å². The molecule has 0 aliphatic heterocycles. The molecule has 1 saturated carbocycles. The highest BCUT2D eigenvalue weighted by Crippen LogP contribution is 2.25. The maximum absolute atomic E-state index is 13.8. The molecular formula is C27H35Cl2N3O4S. The summed E-state index contributed by atoms with van der Waals surface area (Å²) < 4.78 is 26.5. The number of nitrogens with zero attached hydrogens (tertiary/aromatic N) is 2. The van der Waals surface area contributed by atoms with Gasteiger partial charge < -0.3 is 10.2 Å². The van der Waals surface area contributed by atoms with E-state index in [0.717, 1.165) is 48.2 Å². The summed E-state index contributed by atoms with van der Waals surface area (Å²) in [5, 5.41) is 3.94. The number of carbonyl (C=O) groups excluding carboxylic acids is 2. The SMILES string of the molecule is CC[C@H](C(=O)NC1CCCCC1)N(Cc1ccc(Cl)cc1Cl)C(=O)CN(c1ccc(C)cc1)S(C)(=O)=O. The van der Waals surface area contributed by atoms with Crippen LogP contribution in [0.1, 0.15) is 56.6 Å². The number of amides is 2. The molecule has 1 fully saturated rings. The minimum atomic E-state index is -3.78. The van der Waals surface area contributed by atoms with Crippen LogP contribution in [0.25, 0.3) is 0 Å². The third kappa shape index (κ3) is 8.09. The second-order valence-electron chi connectivity index (χ2n) is 9.63. The van der Waals surface area contributed by atoms with Crippen LogP contribution < -0.4 is 9.62 Å². The molecule has 202 valence electrons. The van der Waals surface area contributed by atoms with Gasteiger partial charge in [-0.1, -0.05) is 73.2 Å². The number of aryl methyl sites for hydroxylation is 1. The molecule has 2 aromatic carbocycles. The fourth-order valence-corrected chi connectivity index (χ4v) is 5.94. The minimum absolute atomic E-state index is 0.0386. The lowest BCUT2D eigenvalue weighted by atomic mass is 9.95. The Hall–Kier alpha value is -2.29. The van der Waals surface area contributed by atoms with Crippen molar-refractivity contribution in [2.45, 2.75) is 71.0 Å². The number of sulfonamides is 1. The van der Waals surface area contributed by atoms with Crippen LogP contribution in [0.2, 0.25) is 10.0 Å². The first kappa shape index (κ1) is 29.3. The van der Waals surface area contributed by atoms with E-state index < -0.39 is 28.5 Å². The summed E-state index contributed by atoms with van der Waals surface area (Å²) in [7, 11) is -3.78. The number of halogens is 2. The van der Waals surface area contributed by atoms with E-state index in [2.05, 4.69) is 5.32 Å². The fraction of sp³-hybridized carbons (Fsp3) is 0.481. The van der Waals surface area contributed by atoms with Crippen LogP contribution >= 0.6 is 23.2 Å². The number of hydrogen-bond acceptors (Lipinski definition) is 4. The summed E-state index contributed by atoms with van der Waals surface area (Å²) in [4.78, 5) is 28.6. The lowest BCUT2D eigenvalue weighted by Crippen LogP contribution is -2.54. The van der Waals surface area contributed by atoms with E-state index in [1.54, 1.807) is 42.5 Å². The molecule has 0 unspecified atom stereocenters. The summed E-state index contributed by atoms with van der Waals surface area (Å²) in [6.07, 6.45) is 6.52. The maximum atomic E-state index is 13.8. The Kier molecular flexibility index (Phi) is 10.3. The number of carbonyl (C=O) groups is 2. The van der Waals surface area contributed by atoms with Crippen molar-refractivity contribution in [2.75, 3.05) is 17.1 Å². The summed E-state index contributed by atoms with van der Waals surface area (Å²) in [6.45, 7) is 3.33. The van der Waals surface area contributed by atoms with Crippen molar-refractivity contribution in [3.63, 3.8) is 0 Å².